The van der Waals surface area contributed by atoms with Crippen molar-refractivity contribution in [2.45, 2.75) is 33.9 Å². The van der Waals surface area contributed by atoms with Gasteiger partial charge in [0.25, 0.3) is 5.91 Å². The summed E-state index contributed by atoms with van der Waals surface area (Å²) in [6.45, 7) is 4.93. The van der Waals surface area contributed by atoms with E-state index in [1.54, 1.807) is 38.1 Å². The molecule has 0 atom stereocenters. The van der Waals surface area contributed by atoms with Crippen LogP contribution in [0, 0.1) is 24.0 Å². The number of hydrogen-bond donors (Lipinski definition) is 1. The van der Waals surface area contributed by atoms with Gasteiger partial charge in [0.1, 0.15) is 30.3 Å². The fourth-order valence-corrected chi connectivity index (χ4v) is 3.54. The minimum absolute atomic E-state index is 0.0943. The largest absolute Gasteiger partial charge is 0.489 e. The third kappa shape index (κ3) is 6.09. The summed E-state index contributed by atoms with van der Waals surface area (Å²) < 4.78 is 7.04. The summed E-state index contributed by atoms with van der Waals surface area (Å²) in [6, 6.07) is 12.4. The Morgan fingerprint density at radius 3 is 2.52 bits per heavy atom. The summed E-state index contributed by atoms with van der Waals surface area (Å²) in [5.74, 6) is 0.197. The molecule has 0 saturated carbocycles. The van der Waals surface area contributed by atoms with Crippen LogP contribution >= 0.6 is 23.2 Å². The highest BCUT2D eigenvalue weighted by atomic mass is 35.5. The van der Waals surface area contributed by atoms with E-state index in [-0.39, 0.29) is 17.9 Å². The maximum atomic E-state index is 12.2. The standard InChI is InChI=1S/C22H21Cl2N5O4/c1-13(25-26-21(30)11-28-15(3)22(29(31)32)14(2)27-28)16-5-8-19(9-6-16)33-12-17-4-7-18(23)10-20(17)24/h4-10H,11-12H2,1-3H3,(H,26,30)/b25-13+. The second-order valence-electron chi connectivity index (χ2n) is 7.22. The van der Waals surface area contributed by atoms with Crippen molar-refractivity contribution in [3.05, 3.63) is 85.1 Å². The van der Waals surface area contributed by atoms with E-state index in [4.69, 9.17) is 27.9 Å². The molecule has 0 fully saturated rings. The zero-order chi connectivity index (χ0) is 24.1. The molecule has 0 aliphatic rings. The highest BCUT2D eigenvalue weighted by molar-refractivity contribution is 6.35. The third-order valence-corrected chi connectivity index (χ3v) is 5.44. The molecule has 1 amide bonds. The van der Waals surface area contributed by atoms with Crippen molar-refractivity contribution in [1.82, 2.24) is 15.2 Å². The molecule has 9 nitrogen and oxygen atoms in total. The van der Waals surface area contributed by atoms with Crippen LogP contribution < -0.4 is 10.2 Å². The van der Waals surface area contributed by atoms with E-state index in [2.05, 4.69) is 15.6 Å². The quantitative estimate of drug-likeness (QED) is 0.276. The van der Waals surface area contributed by atoms with E-state index < -0.39 is 10.8 Å². The molecule has 2 aromatic carbocycles. The van der Waals surface area contributed by atoms with Crippen LogP contribution in [0.5, 0.6) is 5.75 Å². The number of carbonyl (C=O) groups is 1. The molecular weight excluding hydrogens is 469 g/mol. The van der Waals surface area contributed by atoms with Crippen molar-refractivity contribution >= 4 is 40.5 Å². The molecule has 0 aliphatic carbocycles. The number of hydrazone groups is 1. The van der Waals surface area contributed by atoms with Crippen LogP contribution in [-0.4, -0.2) is 26.3 Å². The third-order valence-electron chi connectivity index (χ3n) is 4.85. The highest BCUT2D eigenvalue weighted by Crippen LogP contribution is 2.23. The summed E-state index contributed by atoms with van der Waals surface area (Å²) in [4.78, 5) is 22.8. The van der Waals surface area contributed by atoms with Crippen LogP contribution in [-0.2, 0) is 17.9 Å². The number of rotatable bonds is 8. The lowest BCUT2D eigenvalue weighted by Crippen LogP contribution is -2.25. The zero-order valence-electron chi connectivity index (χ0n) is 18.1. The van der Waals surface area contributed by atoms with Gasteiger partial charge in [0.15, 0.2) is 0 Å². The molecule has 0 bridgehead atoms. The van der Waals surface area contributed by atoms with Gasteiger partial charge in [0, 0.05) is 15.6 Å². The Labute approximate surface area is 200 Å². The molecule has 0 unspecified atom stereocenters. The Kier molecular flexibility index (Phi) is 7.67. The number of aromatic nitrogens is 2. The number of carbonyl (C=O) groups excluding carboxylic acids is 1. The summed E-state index contributed by atoms with van der Waals surface area (Å²) in [5, 5.41) is 20.3. The normalized spacial score (nSPS) is 11.4. The van der Waals surface area contributed by atoms with Gasteiger partial charge in [-0.1, -0.05) is 29.3 Å². The topological polar surface area (TPSA) is 112 Å². The van der Waals surface area contributed by atoms with Crippen LogP contribution in [0.1, 0.15) is 29.4 Å². The van der Waals surface area contributed by atoms with Gasteiger partial charge in [0.05, 0.1) is 10.6 Å². The first-order valence-electron chi connectivity index (χ1n) is 9.84. The van der Waals surface area contributed by atoms with Gasteiger partial charge in [0.2, 0.25) is 0 Å². The molecule has 3 aromatic rings. The fourth-order valence-electron chi connectivity index (χ4n) is 3.08. The Hall–Kier alpha value is -3.43. The predicted molar refractivity (Wildman–Crippen MR) is 126 cm³/mol. The lowest BCUT2D eigenvalue weighted by atomic mass is 10.1. The second kappa shape index (κ2) is 10.5. The molecule has 1 N–H and O–H groups in total. The van der Waals surface area contributed by atoms with Gasteiger partial charge in [-0.3, -0.25) is 19.6 Å². The Morgan fingerprint density at radius 2 is 1.91 bits per heavy atom. The Bertz CT molecular complexity index is 1220. The highest BCUT2D eigenvalue weighted by Gasteiger charge is 2.22. The first-order chi connectivity index (χ1) is 15.7. The van der Waals surface area contributed by atoms with Crippen LogP contribution in [0.4, 0.5) is 5.69 Å². The molecule has 0 saturated heterocycles. The smallest absolute Gasteiger partial charge is 0.312 e. The van der Waals surface area contributed by atoms with Crippen LogP contribution in [0.25, 0.3) is 0 Å². The molecule has 33 heavy (non-hydrogen) atoms. The average molecular weight is 490 g/mol. The average Bonchev–Trinajstić information content (AvgIpc) is 3.04. The number of nitrogens with zero attached hydrogens (tertiary/aromatic N) is 4. The number of nitrogens with one attached hydrogen (secondary N) is 1. The predicted octanol–water partition coefficient (Wildman–Crippen LogP) is 4.83. The lowest BCUT2D eigenvalue weighted by Gasteiger charge is -2.09. The minimum atomic E-state index is -0.508. The summed E-state index contributed by atoms with van der Waals surface area (Å²) >= 11 is 12.1. The van der Waals surface area contributed by atoms with Crippen LogP contribution in [0.15, 0.2) is 47.6 Å². The van der Waals surface area contributed by atoms with Gasteiger partial charge in [-0.25, -0.2) is 5.43 Å². The van der Waals surface area contributed by atoms with Gasteiger partial charge in [-0.05, 0) is 62.7 Å². The van der Waals surface area contributed by atoms with E-state index >= 15 is 0 Å². The molecule has 0 spiro atoms. The monoisotopic (exact) mass is 489 g/mol. The number of aryl methyl sites for hydroxylation is 1. The molecule has 3 rings (SSSR count). The van der Waals surface area contributed by atoms with Gasteiger partial charge < -0.3 is 4.74 Å². The number of nitro groups is 1. The van der Waals surface area contributed by atoms with E-state index in [1.165, 1.54) is 11.6 Å². The number of amides is 1. The molecule has 0 radical (unpaired) electrons. The van der Waals surface area contributed by atoms with E-state index in [0.29, 0.717) is 33.8 Å². The zero-order valence-corrected chi connectivity index (χ0v) is 19.6. The number of hydrogen-bond acceptors (Lipinski definition) is 6. The molecule has 1 aromatic heterocycles. The maximum Gasteiger partial charge on any atom is 0.312 e. The van der Waals surface area contributed by atoms with Crippen LogP contribution in [0.3, 0.4) is 0 Å². The molecule has 0 aliphatic heterocycles. The van der Waals surface area contributed by atoms with Gasteiger partial charge in [-0.15, -0.1) is 0 Å². The van der Waals surface area contributed by atoms with Crippen molar-refractivity contribution in [3.8, 4) is 5.75 Å². The number of ether oxygens (including phenoxy) is 1. The first kappa shape index (κ1) is 24.2. The van der Waals surface area contributed by atoms with E-state index in [1.807, 2.05) is 18.2 Å². The van der Waals surface area contributed by atoms with E-state index in [0.717, 1.165) is 11.1 Å². The van der Waals surface area contributed by atoms with Crippen molar-refractivity contribution in [2.24, 2.45) is 5.10 Å². The lowest BCUT2D eigenvalue weighted by molar-refractivity contribution is -0.386. The second-order valence-corrected chi connectivity index (χ2v) is 8.06. The Balaban J connectivity index is 1.57. The summed E-state index contributed by atoms with van der Waals surface area (Å²) in [6.07, 6.45) is 0. The Morgan fingerprint density at radius 1 is 1.21 bits per heavy atom. The summed E-state index contributed by atoms with van der Waals surface area (Å²) in [7, 11) is 0. The SMILES string of the molecule is C/C(=N\NC(=O)Cn1nc(C)c([N+](=O)[O-])c1C)c1ccc(OCc2ccc(Cl)cc2Cl)cc1. The van der Waals surface area contributed by atoms with Crippen molar-refractivity contribution in [2.75, 3.05) is 0 Å². The minimum Gasteiger partial charge on any atom is -0.489 e. The fraction of sp³-hybridized carbons (Fsp3) is 0.227. The molecular formula is C22H21Cl2N5O4. The van der Waals surface area contributed by atoms with Crippen molar-refractivity contribution in [3.63, 3.8) is 0 Å². The van der Waals surface area contributed by atoms with Crippen molar-refractivity contribution < 1.29 is 14.5 Å². The first-order valence-corrected chi connectivity index (χ1v) is 10.6. The summed E-state index contributed by atoms with van der Waals surface area (Å²) in [5.41, 5.74) is 5.10. The van der Waals surface area contributed by atoms with Crippen molar-refractivity contribution in [1.29, 1.82) is 0 Å². The van der Waals surface area contributed by atoms with E-state index in [9.17, 15) is 14.9 Å². The van der Waals surface area contributed by atoms with Crippen LogP contribution in [0.2, 0.25) is 10.0 Å². The van der Waals surface area contributed by atoms with Gasteiger partial charge in [-0.2, -0.15) is 10.2 Å². The van der Waals surface area contributed by atoms with Gasteiger partial charge >= 0.3 is 5.69 Å². The molecule has 11 heteroatoms. The maximum absolute atomic E-state index is 12.2. The number of halogens is 2. The molecule has 172 valence electrons. The number of benzene rings is 2. The molecule has 1 heterocycles.